The number of rotatable bonds is 5. The Hall–Kier alpha value is -2.01. The van der Waals surface area contributed by atoms with E-state index in [0.717, 1.165) is 29.0 Å². The summed E-state index contributed by atoms with van der Waals surface area (Å²) in [7, 11) is 1.59. The Morgan fingerprint density at radius 1 is 1.00 bits per heavy atom. The van der Waals surface area contributed by atoms with E-state index in [0.29, 0.717) is 13.0 Å². The summed E-state index contributed by atoms with van der Waals surface area (Å²) in [6, 6.07) is 12.8. The van der Waals surface area contributed by atoms with E-state index in [2.05, 4.69) is 0 Å². The highest BCUT2D eigenvalue weighted by Crippen LogP contribution is 2.30. The van der Waals surface area contributed by atoms with Crippen molar-refractivity contribution < 1.29 is 17.9 Å². The van der Waals surface area contributed by atoms with Crippen LogP contribution >= 0.6 is 0 Å². The number of methoxy groups -OCH3 is 1. The molecule has 0 aliphatic heterocycles. The van der Waals surface area contributed by atoms with Gasteiger partial charge in [0.05, 0.1) is 12.7 Å². The van der Waals surface area contributed by atoms with Crippen LogP contribution in [0.15, 0.2) is 48.5 Å². The van der Waals surface area contributed by atoms with E-state index >= 15 is 0 Å². The molecule has 118 valence electrons. The molecular weight excluding hydrogens is 291 g/mol. The third-order valence-corrected chi connectivity index (χ3v) is 3.64. The lowest BCUT2D eigenvalue weighted by atomic mass is 9.91. The van der Waals surface area contributed by atoms with Crippen molar-refractivity contribution in [1.82, 2.24) is 0 Å². The SMILES string of the molecule is COc1ccc(C(CN)Cc2ccc(C(F)(F)F)cc2)cc1. The summed E-state index contributed by atoms with van der Waals surface area (Å²) in [5.74, 6) is 0.816. The van der Waals surface area contributed by atoms with Gasteiger partial charge in [0.1, 0.15) is 5.75 Å². The minimum Gasteiger partial charge on any atom is -0.497 e. The van der Waals surface area contributed by atoms with Crippen molar-refractivity contribution in [2.24, 2.45) is 5.73 Å². The molecule has 5 heteroatoms. The van der Waals surface area contributed by atoms with Gasteiger partial charge >= 0.3 is 6.18 Å². The van der Waals surface area contributed by atoms with Crippen LogP contribution in [0, 0.1) is 0 Å². The quantitative estimate of drug-likeness (QED) is 0.906. The number of benzene rings is 2. The number of hydrogen-bond donors (Lipinski definition) is 1. The molecule has 0 fully saturated rings. The van der Waals surface area contributed by atoms with Gasteiger partial charge in [-0.25, -0.2) is 0 Å². The average Bonchev–Trinajstić information content (AvgIpc) is 2.52. The minimum absolute atomic E-state index is 0.0580. The van der Waals surface area contributed by atoms with E-state index in [1.807, 2.05) is 24.3 Å². The normalized spacial score (nSPS) is 13.0. The van der Waals surface area contributed by atoms with Crippen LogP contribution < -0.4 is 10.5 Å². The Bertz CT molecular complexity index is 591. The molecule has 0 amide bonds. The molecule has 2 aromatic rings. The Labute approximate surface area is 127 Å². The Morgan fingerprint density at radius 3 is 2.05 bits per heavy atom. The molecular formula is C17H18F3NO. The molecule has 2 aromatic carbocycles. The monoisotopic (exact) mass is 309 g/mol. The first-order valence-electron chi connectivity index (χ1n) is 6.94. The van der Waals surface area contributed by atoms with Crippen molar-refractivity contribution in [3.8, 4) is 5.75 Å². The summed E-state index contributed by atoms with van der Waals surface area (Å²) >= 11 is 0. The van der Waals surface area contributed by atoms with Gasteiger partial charge in [0, 0.05) is 5.92 Å². The van der Waals surface area contributed by atoms with Crippen LogP contribution in [-0.2, 0) is 12.6 Å². The molecule has 2 rings (SSSR count). The fraction of sp³-hybridized carbons (Fsp3) is 0.294. The molecule has 0 saturated heterocycles. The molecule has 0 aliphatic carbocycles. The summed E-state index contributed by atoms with van der Waals surface area (Å²) in [5, 5.41) is 0. The van der Waals surface area contributed by atoms with Crippen molar-refractivity contribution >= 4 is 0 Å². The van der Waals surface area contributed by atoms with Crippen molar-refractivity contribution in [1.29, 1.82) is 0 Å². The summed E-state index contributed by atoms with van der Waals surface area (Å²) in [6.07, 6.45) is -3.71. The van der Waals surface area contributed by atoms with E-state index in [1.54, 1.807) is 7.11 Å². The molecule has 2 N–H and O–H groups in total. The summed E-state index contributed by atoms with van der Waals surface area (Å²) in [6.45, 7) is 0.424. The predicted molar refractivity (Wildman–Crippen MR) is 79.9 cm³/mol. The molecule has 0 heterocycles. The molecule has 0 radical (unpaired) electrons. The molecule has 2 nitrogen and oxygen atoms in total. The van der Waals surface area contributed by atoms with E-state index in [-0.39, 0.29) is 5.92 Å². The standard InChI is InChI=1S/C17H18F3NO/c1-22-16-8-4-13(5-9-16)14(11-21)10-12-2-6-15(7-3-12)17(18,19)20/h2-9,14H,10-11,21H2,1H3. The first-order valence-corrected chi connectivity index (χ1v) is 6.94. The van der Waals surface area contributed by atoms with Gasteiger partial charge in [-0.15, -0.1) is 0 Å². The Morgan fingerprint density at radius 2 is 1.59 bits per heavy atom. The highest BCUT2D eigenvalue weighted by atomic mass is 19.4. The maximum absolute atomic E-state index is 12.6. The van der Waals surface area contributed by atoms with Crippen molar-refractivity contribution in [3.63, 3.8) is 0 Å². The second-order valence-corrected chi connectivity index (χ2v) is 5.10. The van der Waals surface area contributed by atoms with E-state index < -0.39 is 11.7 Å². The highest BCUT2D eigenvalue weighted by molar-refractivity contribution is 5.32. The molecule has 1 unspecified atom stereocenters. The topological polar surface area (TPSA) is 35.2 Å². The maximum Gasteiger partial charge on any atom is 0.416 e. The number of nitrogens with two attached hydrogens (primary N) is 1. The van der Waals surface area contributed by atoms with Gasteiger partial charge in [0.15, 0.2) is 0 Å². The van der Waals surface area contributed by atoms with Crippen LogP contribution in [0.25, 0.3) is 0 Å². The zero-order valence-electron chi connectivity index (χ0n) is 12.2. The lowest BCUT2D eigenvalue weighted by Gasteiger charge is -2.16. The van der Waals surface area contributed by atoms with Gasteiger partial charge in [-0.2, -0.15) is 13.2 Å². The van der Waals surface area contributed by atoms with Gasteiger partial charge in [-0.1, -0.05) is 24.3 Å². The smallest absolute Gasteiger partial charge is 0.416 e. The van der Waals surface area contributed by atoms with Crippen LogP contribution in [0.5, 0.6) is 5.75 Å². The van der Waals surface area contributed by atoms with Crippen LogP contribution in [-0.4, -0.2) is 13.7 Å². The maximum atomic E-state index is 12.6. The van der Waals surface area contributed by atoms with Gasteiger partial charge in [0.2, 0.25) is 0 Å². The molecule has 22 heavy (non-hydrogen) atoms. The largest absolute Gasteiger partial charge is 0.497 e. The number of hydrogen-bond acceptors (Lipinski definition) is 2. The molecule has 0 aromatic heterocycles. The van der Waals surface area contributed by atoms with Crippen LogP contribution in [0.3, 0.4) is 0 Å². The second kappa shape index (κ2) is 6.83. The van der Waals surface area contributed by atoms with Crippen molar-refractivity contribution in [3.05, 3.63) is 65.2 Å². The predicted octanol–water partition coefficient (Wildman–Crippen LogP) is 4.00. The lowest BCUT2D eigenvalue weighted by Crippen LogP contribution is -2.15. The van der Waals surface area contributed by atoms with Crippen LogP contribution in [0.1, 0.15) is 22.6 Å². The highest BCUT2D eigenvalue weighted by Gasteiger charge is 2.30. The molecule has 0 bridgehead atoms. The first-order chi connectivity index (χ1) is 10.4. The summed E-state index contributed by atoms with van der Waals surface area (Å²) in [4.78, 5) is 0. The molecule has 0 aliphatic rings. The number of halogens is 3. The van der Waals surface area contributed by atoms with Crippen molar-refractivity contribution in [2.75, 3.05) is 13.7 Å². The fourth-order valence-electron chi connectivity index (χ4n) is 2.33. The van der Waals surface area contributed by atoms with E-state index in [9.17, 15) is 13.2 Å². The zero-order valence-corrected chi connectivity index (χ0v) is 12.2. The first kappa shape index (κ1) is 16.4. The van der Waals surface area contributed by atoms with Gasteiger partial charge in [-0.05, 0) is 48.4 Å². The average molecular weight is 309 g/mol. The second-order valence-electron chi connectivity index (χ2n) is 5.10. The van der Waals surface area contributed by atoms with E-state index in [4.69, 9.17) is 10.5 Å². The summed E-state index contributed by atoms with van der Waals surface area (Å²) < 4.78 is 42.8. The number of ether oxygens (including phenoxy) is 1. The fourth-order valence-corrected chi connectivity index (χ4v) is 2.33. The lowest BCUT2D eigenvalue weighted by molar-refractivity contribution is -0.137. The molecule has 0 saturated carbocycles. The number of alkyl halides is 3. The van der Waals surface area contributed by atoms with E-state index in [1.165, 1.54) is 12.1 Å². The third-order valence-electron chi connectivity index (χ3n) is 3.64. The van der Waals surface area contributed by atoms with Gasteiger partial charge in [0.25, 0.3) is 0 Å². The molecule has 0 spiro atoms. The Balaban J connectivity index is 2.12. The van der Waals surface area contributed by atoms with Crippen molar-refractivity contribution in [2.45, 2.75) is 18.5 Å². The van der Waals surface area contributed by atoms with Gasteiger partial charge < -0.3 is 10.5 Å². The summed E-state index contributed by atoms with van der Waals surface area (Å²) in [5.41, 5.74) is 7.05. The van der Waals surface area contributed by atoms with Gasteiger partial charge in [-0.3, -0.25) is 0 Å². The third kappa shape index (κ3) is 4.01. The molecule has 1 atom stereocenters. The minimum atomic E-state index is -4.30. The Kier molecular flexibility index (Phi) is 5.08. The van der Waals surface area contributed by atoms with Crippen LogP contribution in [0.2, 0.25) is 0 Å². The zero-order chi connectivity index (χ0) is 16.2. The van der Waals surface area contributed by atoms with Crippen LogP contribution in [0.4, 0.5) is 13.2 Å².